The van der Waals surface area contributed by atoms with Crippen LogP contribution in [0.15, 0.2) is 69.5 Å². The molecule has 2 aromatic rings. The van der Waals surface area contributed by atoms with Crippen LogP contribution in [-0.2, 0) is 19.6 Å². The first-order valence-electron chi connectivity index (χ1n) is 8.25. The topological polar surface area (TPSA) is 63.7 Å². The molecule has 8 heteroatoms. The highest BCUT2D eigenvalue weighted by Crippen LogP contribution is 2.39. The number of carbonyl (C=O) groups excluding carboxylic acids is 1. The van der Waals surface area contributed by atoms with Gasteiger partial charge in [-0.15, -0.1) is 0 Å². The Morgan fingerprint density at radius 3 is 2.67 bits per heavy atom. The van der Waals surface area contributed by atoms with Crippen molar-refractivity contribution in [1.29, 1.82) is 0 Å². The SMILES string of the molecule is CCOC(=O)C1=CCN(S(=O)(=O)c2ccccc2F)C1c1cccc(Br)c1. The number of ether oxygens (including phenoxy) is 1. The summed E-state index contributed by atoms with van der Waals surface area (Å²) in [6.45, 7) is 1.79. The number of esters is 1. The third-order valence-electron chi connectivity index (χ3n) is 4.17. The standard InChI is InChI=1S/C19H17BrFNO4S/c1-2-26-19(23)15-10-11-22(18(15)13-6-5-7-14(20)12-13)27(24,25)17-9-4-3-8-16(17)21/h3-10,12,18H,2,11H2,1H3. The lowest BCUT2D eigenvalue weighted by atomic mass is 10.0. The van der Waals surface area contributed by atoms with Crippen LogP contribution in [-0.4, -0.2) is 31.8 Å². The number of carbonyl (C=O) groups is 1. The number of sulfonamides is 1. The van der Waals surface area contributed by atoms with Gasteiger partial charge in [-0.3, -0.25) is 0 Å². The van der Waals surface area contributed by atoms with Crippen molar-refractivity contribution in [3.63, 3.8) is 0 Å². The van der Waals surface area contributed by atoms with Crippen molar-refractivity contribution >= 4 is 31.9 Å². The lowest BCUT2D eigenvalue weighted by Crippen LogP contribution is -2.34. The number of rotatable bonds is 5. The van der Waals surface area contributed by atoms with E-state index in [0.717, 1.165) is 14.8 Å². The van der Waals surface area contributed by atoms with Gasteiger partial charge in [0.1, 0.15) is 10.7 Å². The highest BCUT2D eigenvalue weighted by molar-refractivity contribution is 9.10. The molecule has 1 atom stereocenters. The van der Waals surface area contributed by atoms with Crippen LogP contribution in [0.3, 0.4) is 0 Å². The zero-order valence-electron chi connectivity index (χ0n) is 14.4. The molecular weight excluding hydrogens is 437 g/mol. The van der Waals surface area contributed by atoms with E-state index < -0.39 is 32.7 Å². The molecule has 1 aliphatic heterocycles. The van der Waals surface area contributed by atoms with Crippen LogP contribution in [0.4, 0.5) is 4.39 Å². The summed E-state index contributed by atoms with van der Waals surface area (Å²) < 4.78 is 47.4. The highest BCUT2D eigenvalue weighted by atomic mass is 79.9. The number of hydrogen-bond donors (Lipinski definition) is 0. The molecule has 1 heterocycles. The second kappa shape index (κ2) is 7.92. The molecule has 0 spiro atoms. The van der Waals surface area contributed by atoms with Crippen LogP contribution >= 0.6 is 15.9 Å². The van der Waals surface area contributed by atoms with E-state index in [2.05, 4.69) is 15.9 Å². The van der Waals surface area contributed by atoms with Crippen LogP contribution < -0.4 is 0 Å². The van der Waals surface area contributed by atoms with Gasteiger partial charge in [-0.05, 0) is 36.8 Å². The average molecular weight is 454 g/mol. The van der Waals surface area contributed by atoms with Crippen LogP contribution in [0.25, 0.3) is 0 Å². The molecule has 0 fully saturated rings. The second-order valence-corrected chi connectivity index (χ2v) is 8.62. The molecule has 27 heavy (non-hydrogen) atoms. The maximum Gasteiger partial charge on any atom is 0.335 e. The van der Waals surface area contributed by atoms with Crippen molar-refractivity contribution in [3.05, 3.63) is 76.0 Å². The first-order chi connectivity index (χ1) is 12.9. The Morgan fingerprint density at radius 2 is 2.00 bits per heavy atom. The first-order valence-corrected chi connectivity index (χ1v) is 10.5. The summed E-state index contributed by atoms with van der Waals surface area (Å²) in [5.74, 6) is -1.43. The lowest BCUT2D eigenvalue weighted by Gasteiger charge is -2.26. The molecule has 0 radical (unpaired) electrons. The molecule has 0 saturated carbocycles. The minimum absolute atomic E-state index is 0.0536. The van der Waals surface area contributed by atoms with E-state index in [1.807, 2.05) is 0 Å². The Morgan fingerprint density at radius 1 is 1.26 bits per heavy atom. The van der Waals surface area contributed by atoms with Crippen LogP contribution in [0.1, 0.15) is 18.5 Å². The van der Waals surface area contributed by atoms with E-state index >= 15 is 0 Å². The zero-order valence-corrected chi connectivity index (χ0v) is 16.8. The molecule has 1 aliphatic rings. The first kappa shape index (κ1) is 19.7. The fourth-order valence-corrected chi connectivity index (χ4v) is 5.03. The van der Waals surface area contributed by atoms with Gasteiger partial charge in [-0.2, -0.15) is 4.31 Å². The Hall–Kier alpha value is -2.03. The van der Waals surface area contributed by atoms with Crippen molar-refractivity contribution in [1.82, 2.24) is 4.31 Å². The molecular formula is C19H17BrFNO4S. The number of hydrogen-bond acceptors (Lipinski definition) is 4. The van der Waals surface area contributed by atoms with Crippen molar-refractivity contribution < 1.29 is 22.3 Å². The van der Waals surface area contributed by atoms with Gasteiger partial charge in [-0.1, -0.05) is 46.3 Å². The monoisotopic (exact) mass is 453 g/mol. The van der Waals surface area contributed by atoms with E-state index in [-0.39, 0.29) is 18.7 Å². The summed E-state index contributed by atoms with van der Waals surface area (Å²) in [5.41, 5.74) is 0.802. The summed E-state index contributed by atoms with van der Waals surface area (Å²) in [6.07, 6.45) is 1.52. The zero-order chi connectivity index (χ0) is 19.6. The van der Waals surface area contributed by atoms with Crippen LogP contribution in [0.5, 0.6) is 0 Å². The maximum atomic E-state index is 14.2. The molecule has 0 saturated heterocycles. The van der Waals surface area contributed by atoms with Gasteiger partial charge in [-0.25, -0.2) is 17.6 Å². The molecule has 0 N–H and O–H groups in total. The molecule has 3 rings (SSSR count). The van der Waals surface area contributed by atoms with Gasteiger partial charge in [0.2, 0.25) is 10.0 Å². The van der Waals surface area contributed by atoms with Gasteiger partial charge in [0, 0.05) is 11.0 Å². The van der Waals surface area contributed by atoms with E-state index in [4.69, 9.17) is 4.74 Å². The van der Waals surface area contributed by atoms with Crippen molar-refractivity contribution in [2.45, 2.75) is 17.9 Å². The quantitative estimate of drug-likeness (QED) is 0.645. The van der Waals surface area contributed by atoms with Crippen LogP contribution in [0.2, 0.25) is 0 Å². The summed E-state index contributed by atoms with van der Waals surface area (Å²) in [7, 11) is -4.18. The summed E-state index contributed by atoms with van der Waals surface area (Å²) >= 11 is 3.36. The van der Waals surface area contributed by atoms with Gasteiger partial charge in [0.25, 0.3) is 0 Å². The Bertz CT molecular complexity index is 1010. The fraction of sp³-hybridized carbons (Fsp3) is 0.211. The van der Waals surface area contributed by atoms with Crippen LogP contribution in [0, 0.1) is 5.82 Å². The summed E-state index contributed by atoms with van der Waals surface area (Å²) in [5, 5.41) is 0. The average Bonchev–Trinajstić information content (AvgIpc) is 3.08. The number of nitrogens with zero attached hydrogens (tertiary/aromatic N) is 1. The second-order valence-electron chi connectivity index (χ2n) is 5.84. The molecule has 2 aromatic carbocycles. The van der Waals surface area contributed by atoms with E-state index in [1.165, 1.54) is 24.3 Å². The predicted molar refractivity (Wildman–Crippen MR) is 102 cm³/mol. The van der Waals surface area contributed by atoms with E-state index in [1.54, 1.807) is 31.2 Å². The molecule has 5 nitrogen and oxygen atoms in total. The maximum absolute atomic E-state index is 14.2. The molecule has 142 valence electrons. The summed E-state index contributed by atoms with van der Waals surface area (Å²) in [6, 6.07) is 11.3. The predicted octanol–water partition coefficient (Wildman–Crippen LogP) is 3.82. The normalized spacial score (nSPS) is 17.6. The molecule has 0 amide bonds. The summed E-state index contributed by atoms with van der Waals surface area (Å²) in [4.78, 5) is 12.0. The molecule has 0 bridgehead atoms. The van der Waals surface area contributed by atoms with Gasteiger partial charge >= 0.3 is 5.97 Å². The van der Waals surface area contributed by atoms with Gasteiger partial charge in [0.15, 0.2) is 0 Å². The van der Waals surface area contributed by atoms with Gasteiger partial charge in [0.05, 0.1) is 18.2 Å². The minimum atomic E-state index is -4.18. The highest BCUT2D eigenvalue weighted by Gasteiger charge is 2.41. The number of benzene rings is 2. The van der Waals surface area contributed by atoms with Crippen molar-refractivity contribution in [2.75, 3.05) is 13.2 Å². The van der Waals surface area contributed by atoms with Gasteiger partial charge < -0.3 is 4.74 Å². The molecule has 0 aromatic heterocycles. The van der Waals surface area contributed by atoms with Crippen molar-refractivity contribution in [2.24, 2.45) is 0 Å². The third-order valence-corrected chi connectivity index (χ3v) is 6.53. The fourth-order valence-electron chi connectivity index (χ4n) is 3.01. The number of halogens is 2. The Kier molecular flexibility index (Phi) is 5.78. The molecule has 1 unspecified atom stereocenters. The lowest BCUT2D eigenvalue weighted by molar-refractivity contribution is -0.138. The largest absolute Gasteiger partial charge is 0.463 e. The third kappa shape index (κ3) is 3.83. The smallest absolute Gasteiger partial charge is 0.335 e. The Balaban J connectivity index is 2.10. The van der Waals surface area contributed by atoms with Crippen molar-refractivity contribution in [3.8, 4) is 0 Å². The molecule has 0 aliphatic carbocycles. The Labute approximate surface area is 165 Å². The van der Waals surface area contributed by atoms with E-state index in [9.17, 15) is 17.6 Å². The minimum Gasteiger partial charge on any atom is -0.463 e. The van der Waals surface area contributed by atoms with E-state index in [0.29, 0.717) is 5.56 Å².